The van der Waals surface area contributed by atoms with Crippen LogP contribution in [-0.4, -0.2) is 37.0 Å². The normalized spacial score (nSPS) is 23.0. The largest absolute Gasteiger partial charge is 0.352 e. The van der Waals surface area contributed by atoms with Crippen molar-refractivity contribution in [3.05, 3.63) is 12.7 Å². The molecule has 1 saturated carbocycles. The zero-order valence-corrected chi connectivity index (χ0v) is 9.95. The number of likely N-dealkylation sites (tertiary alicyclic amines) is 1. The van der Waals surface area contributed by atoms with E-state index in [1.165, 1.54) is 51.4 Å². The molecule has 1 aliphatic carbocycles. The van der Waals surface area contributed by atoms with Crippen LogP contribution in [-0.2, 0) is 4.79 Å². The second-order valence-electron chi connectivity index (χ2n) is 5.14. The van der Waals surface area contributed by atoms with Crippen molar-refractivity contribution in [3.8, 4) is 0 Å². The first-order valence-corrected chi connectivity index (χ1v) is 6.40. The Balaban J connectivity index is 1.60. The number of amides is 1. The molecule has 1 aliphatic heterocycles. The van der Waals surface area contributed by atoms with Gasteiger partial charge in [0.15, 0.2) is 0 Å². The number of carbonyl (C=O) groups excluding carboxylic acids is 1. The summed E-state index contributed by atoms with van der Waals surface area (Å²) in [5.41, 5.74) is 0. The van der Waals surface area contributed by atoms with Crippen LogP contribution in [0.15, 0.2) is 12.7 Å². The highest BCUT2D eigenvalue weighted by Crippen LogP contribution is 2.31. The minimum Gasteiger partial charge on any atom is -0.352 e. The summed E-state index contributed by atoms with van der Waals surface area (Å²) in [6.45, 7) is 8.02. The second-order valence-corrected chi connectivity index (χ2v) is 5.14. The van der Waals surface area contributed by atoms with E-state index in [1.54, 1.807) is 0 Å². The molecule has 16 heavy (non-hydrogen) atoms. The molecule has 0 unspecified atom stereocenters. The van der Waals surface area contributed by atoms with Crippen molar-refractivity contribution < 1.29 is 4.79 Å². The molecule has 0 aromatic rings. The molecule has 1 N–H and O–H groups in total. The summed E-state index contributed by atoms with van der Waals surface area (Å²) in [5, 5.41) is 2.89. The Morgan fingerprint density at radius 3 is 2.50 bits per heavy atom. The summed E-state index contributed by atoms with van der Waals surface area (Å²) in [7, 11) is 0. The minimum absolute atomic E-state index is 0.0413. The molecule has 2 fully saturated rings. The number of rotatable bonds is 5. The predicted molar refractivity (Wildman–Crippen MR) is 65.1 cm³/mol. The maximum Gasteiger partial charge on any atom is 0.243 e. The third-order valence-electron chi connectivity index (χ3n) is 3.67. The summed E-state index contributed by atoms with van der Waals surface area (Å²) in [4.78, 5) is 13.6. The van der Waals surface area contributed by atoms with Gasteiger partial charge in [-0.05, 0) is 56.7 Å². The van der Waals surface area contributed by atoms with Crippen LogP contribution in [0.25, 0.3) is 0 Å². The summed E-state index contributed by atoms with van der Waals surface area (Å²) < 4.78 is 0. The van der Waals surface area contributed by atoms with Crippen LogP contribution >= 0.6 is 0 Å². The van der Waals surface area contributed by atoms with Crippen LogP contribution in [0.1, 0.15) is 25.7 Å². The number of hydrogen-bond donors (Lipinski definition) is 1. The number of nitrogens with one attached hydrogen (secondary N) is 1. The average molecular weight is 222 g/mol. The van der Waals surface area contributed by atoms with Crippen molar-refractivity contribution in [3.63, 3.8) is 0 Å². The van der Waals surface area contributed by atoms with E-state index in [0.717, 1.165) is 12.5 Å². The van der Waals surface area contributed by atoms with Crippen LogP contribution in [0.5, 0.6) is 0 Å². The van der Waals surface area contributed by atoms with Crippen LogP contribution in [0.3, 0.4) is 0 Å². The average Bonchev–Trinajstić information content (AvgIpc) is 3.11. The highest BCUT2D eigenvalue weighted by Gasteiger charge is 2.26. The Morgan fingerprint density at radius 2 is 1.94 bits per heavy atom. The standard InChI is InChI=1S/C13H22N2O/c1-2-13(16)14-9-11-5-7-15(8-6-11)10-12-3-4-12/h2,11-12H,1,3-10H2,(H,14,16). The van der Waals surface area contributed by atoms with E-state index in [1.807, 2.05) is 0 Å². The lowest BCUT2D eigenvalue weighted by atomic mass is 9.96. The van der Waals surface area contributed by atoms with Gasteiger partial charge in [0, 0.05) is 13.1 Å². The molecule has 3 nitrogen and oxygen atoms in total. The first-order chi connectivity index (χ1) is 7.78. The van der Waals surface area contributed by atoms with Crippen molar-refractivity contribution >= 4 is 5.91 Å². The van der Waals surface area contributed by atoms with Crippen molar-refractivity contribution in [2.24, 2.45) is 11.8 Å². The Morgan fingerprint density at radius 1 is 1.25 bits per heavy atom. The second kappa shape index (κ2) is 5.48. The smallest absolute Gasteiger partial charge is 0.243 e. The van der Waals surface area contributed by atoms with E-state index in [-0.39, 0.29) is 5.91 Å². The van der Waals surface area contributed by atoms with Crippen LogP contribution in [0.4, 0.5) is 0 Å². The van der Waals surface area contributed by atoms with Crippen molar-refractivity contribution in [2.45, 2.75) is 25.7 Å². The van der Waals surface area contributed by atoms with E-state index >= 15 is 0 Å². The fraction of sp³-hybridized carbons (Fsp3) is 0.769. The van der Waals surface area contributed by atoms with Crippen molar-refractivity contribution in [1.29, 1.82) is 0 Å². The molecular formula is C13H22N2O. The lowest BCUT2D eigenvalue weighted by Gasteiger charge is -2.31. The molecule has 1 saturated heterocycles. The molecule has 2 rings (SSSR count). The molecule has 1 amide bonds. The molecule has 90 valence electrons. The highest BCUT2D eigenvalue weighted by atomic mass is 16.1. The number of nitrogens with zero attached hydrogens (tertiary/aromatic N) is 1. The third kappa shape index (κ3) is 3.63. The first-order valence-electron chi connectivity index (χ1n) is 6.40. The van der Waals surface area contributed by atoms with E-state index in [0.29, 0.717) is 5.92 Å². The van der Waals surface area contributed by atoms with E-state index in [4.69, 9.17) is 0 Å². The summed E-state index contributed by atoms with van der Waals surface area (Å²) >= 11 is 0. The molecule has 0 radical (unpaired) electrons. The van der Waals surface area contributed by atoms with Gasteiger partial charge in [-0.2, -0.15) is 0 Å². The number of piperidine rings is 1. The van der Waals surface area contributed by atoms with Crippen LogP contribution in [0.2, 0.25) is 0 Å². The quantitative estimate of drug-likeness (QED) is 0.713. The number of hydrogen-bond acceptors (Lipinski definition) is 2. The lowest BCUT2D eigenvalue weighted by Crippen LogP contribution is -2.39. The minimum atomic E-state index is -0.0413. The van der Waals surface area contributed by atoms with Crippen molar-refractivity contribution in [2.75, 3.05) is 26.2 Å². The Hall–Kier alpha value is -0.830. The van der Waals surface area contributed by atoms with Gasteiger partial charge in [-0.1, -0.05) is 6.58 Å². The zero-order valence-electron chi connectivity index (χ0n) is 9.95. The molecule has 0 aromatic heterocycles. The predicted octanol–water partition coefficient (Wildman–Crippen LogP) is 1.41. The Labute approximate surface area is 97.9 Å². The van der Waals surface area contributed by atoms with Gasteiger partial charge in [0.25, 0.3) is 0 Å². The molecule has 0 atom stereocenters. The lowest BCUT2D eigenvalue weighted by molar-refractivity contribution is -0.116. The molecular weight excluding hydrogens is 200 g/mol. The van der Waals surface area contributed by atoms with Gasteiger partial charge in [-0.25, -0.2) is 0 Å². The number of carbonyl (C=O) groups is 1. The molecule has 3 heteroatoms. The molecule has 0 bridgehead atoms. The molecule has 0 aromatic carbocycles. The summed E-state index contributed by atoms with van der Waals surface area (Å²) in [6.07, 6.45) is 6.68. The van der Waals surface area contributed by atoms with Gasteiger partial charge in [-0.15, -0.1) is 0 Å². The van der Waals surface area contributed by atoms with Gasteiger partial charge >= 0.3 is 0 Å². The maximum absolute atomic E-state index is 11.0. The van der Waals surface area contributed by atoms with Gasteiger partial charge in [0.05, 0.1) is 0 Å². The third-order valence-corrected chi connectivity index (χ3v) is 3.67. The Bertz CT molecular complexity index is 253. The SMILES string of the molecule is C=CC(=O)NCC1CCN(CC2CC2)CC1. The molecule has 1 heterocycles. The fourth-order valence-electron chi connectivity index (χ4n) is 2.36. The van der Waals surface area contributed by atoms with Gasteiger partial charge in [-0.3, -0.25) is 4.79 Å². The summed E-state index contributed by atoms with van der Waals surface area (Å²) in [6, 6.07) is 0. The van der Waals surface area contributed by atoms with E-state index < -0.39 is 0 Å². The van der Waals surface area contributed by atoms with Crippen LogP contribution < -0.4 is 5.32 Å². The fourth-order valence-corrected chi connectivity index (χ4v) is 2.36. The highest BCUT2D eigenvalue weighted by molar-refractivity contribution is 5.86. The monoisotopic (exact) mass is 222 g/mol. The van der Waals surface area contributed by atoms with Gasteiger partial charge < -0.3 is 10.2 Å². The first kappa shape index (κ1) is 11.6. The Kier molecular flexibility index (Phi) is 3.99. The van der Waals surface area contributed by atoms with Crippen LogP contribution in [0, 0.1) is 11.8 Å². The topological polar surface area (TPSA) is 32.3 Å². The van der Waals surface area contributed by atoms with E-state index in [2.05, 4.69) is 16.8 Å². The van der Waals surface area contributed by atoms with E-state index in [9.17, 15) is 4.79 Å². The zero-order chi connectivity index (χ0) is 11.4. The van der Waals surface area contributed by atoms with Gasteiger partial charge in [0.1, 0.15) is 0 Å². The maximum atomic E-state index is 11.0. The molecule has 0 spiro atoms. The van der Waals surface area contributed by atoms with Crippen molar-refractivity contribution in [1.82, 2.24) is 10.2 Å². The van der Waals surface area contributed by atoms with Gasteiger partial charge in [0.2, 0.25) is 5.91 Å². The summed E-state index contributed by atoms with van der Waals surface area (Å²) in [5.74, 6) is 1.62. The molecule has 2 aliphatic rings.